The lowest BCUT2D eigenvalue weighted by Gasteiger charge is -2.18. The molecule has 0 saturated heterocycles. The van der Waals surface area contributed by atoms with Crippen LogP contribution in [0.2, 0.25) is 0 Å². The Bertz CT molecular complexity index is 887. The Hall–Kier alpha value is -1.59. The summed E-state index contributed by atoms with van der Waals surface area (Å²) in [6, 6.07) is 0. The van der Waals surface area contributed by atoms with E-state index in [9.17, 15) is 14.4 Å². The van der Waals surface area contributed by atoms with E-state index in [1.807, 2.05) is 0 Å². The molecule has 0 aromatic rings. The Labute approximate surface area is 368 Å². The number of unbranched alkanes of at least 4 members (excludes halogenated alkanes) is 35. The molecule has 59 heavy (non-hydrogen) atoms. The average molecular weight is 835 g/mol. The SMILES string of the molecule is CCCCCCCCCCCCCCCCCCCCCC(=O)OC[C@H](COC(=O)CCCCCCCCCCCCCCC(C)C)OC(=O)CCCCCCCCC. The average Bonchev–Trinajstić information content (AvgIpc) is 3.22. The second-order valence-corrected chi connectivity index (χ2v) is 18.6. The van der Waals surface area contributed by atoms with Gasteiger partial charge in [0, 0.05) is 19.3 Å². The van der Waals surface area contributed by atoms with Crippen molar-refractivity contribution in [3.63, 3.8) is 0 Å². The molecule has 0 aromatic carbocycles. The molecule has 0 radical (unpaired) electrons. The van der Waals surface area contributed by atoms with E-state index in [4.69, 9.17) is 14.2 Å². The van der Waals surface area contributed by atoms with Crippen LogP contribution in [0.4, 0.5) is 0 Å². The first-order valence-corrected chi connectivity index (χ1v) is 26.4. The van der Waals surface area contributed by atoms with E-state index < -0.39 is 6.10 Å². The van der Waals surface area contributed by atoms with Gasteiger partial charge in [-0.3, -0.25) is 14.4 Å². The zero-order valence-electron chi connectivity index (χ0n) is 40.2. The third kappa shape index (κ3) is 47.3. The van der Waals surface area contributed by atoms with Crippen molar-refractivity contribution in [2.24, 2.45) is 5.92 Å². The first-order valence-electron chi connectivity index (χ1n) is 26.4. The van der Waals surface area contributed by atoms with Crippen LogP contribution in [0.1, 0.15) is 297 Å². The normalized spacial score (nSPS) is 11.9. The van der Waals surface area contributed by atoms with Gasteiger partial charge in [0.05, 0.1) is 0 Å². The summed E-state index contributed by atoms with van der Waals surface area (Å²) in [5.74, 6) is -0.0174. The van der Waals surface area contributed by atoms with Gasteiger partial charge in [0.1, 0.15) is 13.2 Å². The lowest BCUT2D eigenvalue weighted by Crippen LogP contribution is -2.30. The third-order valence-electron chi connectivity index (χ3n) is 12.0. The van der Waals surface area contributed by atoms with Crippen molar-refractivity contribution < 1.29 is 28.6 Å². The molecule has 0 rings (SSSR count). The molecular weight excluding hydrogens is 733 g/mol. The molecule has 0 heterocycles. The molecule has 6 nitrogen and oxygen atoms in total. The molecule has 0 fully saturated rings. The molecule has 6 heteroatoms. The lowest BCUT2D eigenvalue weighted by molar-refractivity contribution is -0.167. The molecule has 0 aromatic heterocycles. The Morgan fingerprint density at radius 3 is 0.831 bits per heavy atom. The van der Waals surface area contributed by atoms with Gasteiger partial charge in [-0.1, -0.05) is 259 Å². The molecule has 0 spiro atoms. The van der Waals surface area contributed by atoms with Crippen LogP contribution in [-0.4, -0.2) is 37.2 Å². The summed E-state index contributed by atoms with van der Waals surface area (Å²) in [6.07, 6.45) is 49.7. The highest BCUT2D eigenvalue weighted by atomic mass is 16.6. The summed E-state index contributed by atoms with van der Waals surface area (Å²) in [5, 5.41) is 0. The number of rotatable bonds is 48. The molecule has 0 saturated carbocycles. The van der Waals surface area contributed by atoms with Crippen LogP contribution in [0.15, 0.2) is 0 Å². The van der Waals surface area contributed by atoms with Gasteiger partial charge in [0.2, 0.25) is 0 Å². The van der Waals surface area contributed by atoms with Crippen molar-refractivity contribution in [1.82, 2.24) is 0 Å². The van der Waals surface area contributed by atoms with Crippen molar-refractivity contribution in [2.45, 2.75) is 303 Å². The molecule has 0 aliphatic rings. The molecule has 0 unspecified atom stereocenters. The molecular formula is C53H102O6. The van der Waals surface area contributed by atoms with Gasteiger partial charge in [0.25, 0.3) is 0 Å². The van der Waals surface area contributed by atoms with Crippen LogP contribution < -0.4 is 0 Å². The first-order chi connectivity index (χ1) is 28.9. The highest BCUT2D eigenvalue weighted by Gasteiger charge is 2.19. The molecule has 0 aliphatic heterocycles. The van der Waals surface area contributed by atoms with E-state index in [0.717, 1.165) is 63.7 Å². The Kier molecular flexibility index (Phi) is 46.2. The lowest BCUT2D eigenvalue weighted by atomic mass is 10.0. The number of hydrogen-bond acceptors (Lipinski definition) is 6. The monoisotopic (exact) mass is 835 g/mol. The summed E-state index contributed by atoms with van der Waals surface area (Å²) in [4.78, 5) is 37.8. The molecule has 0 aliphatic carbocycles. The fourth-order valence-corrected chi connectivity index (χ4v) is 8.04. The highest BCUT2D eigenvalue weighted by Crippen LogP contribution is 2.17. The maximum Gasteiger partial charge on any atom is 0.306 e. The summed E-state index contributed by atoms with van der Waals surface area (Å²) >= 11 is 0. The molecule has 0 N–H and O–H groups in total. The smallest absolute Gasteiger partial charge is 0.306 e. The molecule has 1 atom stereocenters. The van der Waals surface area contributed by atoms with E-state index in [0.29, 0.717) is 19.3 Å². The minimum Gasteiger partial charge on any atom is -0.462 e. The van der Waals surface area contributed by atoms with Gasteiger partial charge >= 0.3 is 17.9 Å². The maximum absolute atomic E-state index is 12.7. The predicted molar refractivity (Wildman–Crippen MR) is 252 cm³/mol. The van der Waals surface area contributed by atoms with Gasteiger partial charge in [-0.2, -0.15) is 0 Å². The van der Waals surface area contributed by atoms with Gasteiger partial charge in [-0.05, 0) is 25.2 Å². The standard InChI is InChI=1S/C53H102O6/c1-5-7-9-11-13-14-15-16-17-18-19-20-21-22-26-29-33-36-40-44-51(54)57-47-50(59-53(56)46-42-38-31-12-10-8-6-2)48-58-52(55)45-41-37-34-30-27-24-23-25-28-32-35-39-43-49(3)4/h49-50H,5-48H2,1-4H3/t50-/m1/s1. The minimum absolute atomic E-state index is 0.0634. The summed E-state index contributed by atoms with van der Waals surface area (Å²) in [5.41, 5.74) is 0. The topological polar surface area (TPSA) is 78.9 Å². The zero-order valence-corrected chi connectivity index (χ0v) is 40.2. The summed E-state index contributed by atoms with van der Waals surface area (Å²) in [6.45, 7) is 8.99. The van der Waals surface area contributed by atoms with Crippen LogP contribution in [0.25, 0.3) is 0 Å². The second kappa shape index (κ2) is 47.5. The maximum atomic E-state index is 12.7. The molecule has 350 valence electrons. The summed E-state index contributed by atoms with van der Waals surface area (Å²) < 4.78 is 16.7. The number of esters is 3. The van der Waals surface area contributed by atoms with E-state index >= 15 is 0 Å². The van der Waals surface area contributed by atoms with Gasteiger partial charge < -0.3 is 14.2 Å². The van der Waals surface area contributed by atoms with E-state index in [1.165, 1.54) is 193 Å². The number of hydrogen-bond donors (Lipinski definition) is 0. The number of carbonyl (C=O) groups is 3. The van der Waals surface area contributed by atoms with Crippen LogP contribution in [-0.2, 0) is 28.6 Å². The largest absolute Gasteiger partial charge is 0.462 e. The Balaban J connectivity index is 4.13. The van der Waals surface area contributed by atoms with Crippen molar-refractivity contribution in [3.05, 3.63) is 0 Å². The van der Waals surface area contributed by atoms with Crippen molar-refractivity contribution in [3.8, 4) is 0 Å². The van der Waals surface area contributed by atoms with Gasteiger partial charge in [-0.15, -0.1) is 0 Å². The quantitative estimate of drug-likeness (QED) is 0.0345. The molecule has 0 amide bonds. The highest BCUT2D eigenvalue weighted by molar-refractivity contribution is 5.71. The van der Waals surface area contributed by atoms with Crippen LogP contribution in [0.5, 0.6) is 0 Å². The fraction of sp³-hybridized carbons (Fsp3) is 0.943. The van der Waals surface area contributed by atoms with E-state index in [1.54, 1.807) is 0 Å². The zero-order chi connectivity index (χ0) is 43.1. The van der Waals surface area contributed by atoms with Crippen molar-refractivity contribution >= 4 is 17.9 Å². The van der Waals surface area contributed by atoms with E-state index in [-0.39, 0.29) is 31.1 Å². The number of ether oxygens (including phenoxy) is 3. The first kappa shape index (κ1) is 57.4. The second-order valence-electron chi connectivity index (χ2n) is 18.6. The van der Waals surface area contributed by atoms with Crippen molar-refractivity contribution in [2.75, 3.05) is 13.2 Å². The van der Waals surface area contributed by atoms with E-state index in [2.05, 4.69) is 27.7 Å². The Morgan fingerprint density at radius 1 is 0.322 bits per heavy atom. The van der Waals surface area contributed by atoms with Gasteiger partial charge in [-0.25, -0.2) is 0 Å². The van der Waals surface area contributed by atoms with Crippen LogP contribution in [0.3, 0.4) is 0 Å². The van der Waals surface area contributed by atoms with Crippen molar-refractivity contribution in [1.29, 1.82) is 0 Å². The van der Waals surface area contributed by atoms with Crippen LogP contribution in [0, 0.1) is 5.92 Å². The minimum atomic E-state index is -0.759. The predicted octanol–water partition coefficient (Wildman–Crippen LogP) is 17.1. The number of carbonyl (C=O) groups excluding carboxylic acids is 3. The fourth-order valence-electron chi connectivity index (χ4n) is 8.04. The van der Waals surface area contributed by atoms with Gasteiger partial charge in [0.15, 0.2) is 6.10 Å². The third-order valence-corrected chi connectivity index (χ3v) is 12.0. The summed E-state index contributed by atoms with van der Waals surface area (Å²) in [7, 11) is 0. The van der Waals surface area contributed by atoms with Crippen LogP contribution >= 0.6 is 0 Å². The Morgan fingerprint density at radius 2 is 0.559 bits per heavy atom. The molecule has 0 bridgehead atoms.